The van der Waals surface area contributed by atoms with Crippen LogP contribution in [0.1, 0.15) is 37.0 Å². The second kappa shape index (κ2) is 7.74. The summed E-state index contributed by atoms with van der Waals surface area (Å²) in [7, 11) is 0. The number of unbranched alkanes of at least 4 members (excludes halogenated alkanes) is 1. The number of rotatable bonds is 7. The van der Waals surface area contributed by atoms with Gasteiger partial charge in [-0.05, 0) is 37.6 Å². The van der Waals surface area contributed by atoms with E-state index in [0.717, 1.165) is 18.6 Å². The van der Waals surface area contributed by atoms with Gasteiger partial charge in [0.2, 0.25) is 0 Å². The number of nitrogens with two attached hydrogens (primary N) is 1. The van der Waals surface area contributed by atoms with Crippen molar-refractivity contribution in [2.45, 2.75) is 32.7 Å². The van der Waals surface area contributed by atoms with E-state index in [9.17, 15) is 4.79 Å². The first-order valence-electron chi connectivity index (χ1n) is 6.37. The highest BCUT2D eigenvalue weighted by molar-refractivity contribution is 7.80. The Kier molecular flexibility index (Phi) is 6.29. The zero-order chi connectivity index (χ0) is 14.3. The summed E-state index contributed by atoms with van der Waals surface area (Å²) in [6.07, 6.45) is 2.12. The highest BCUT2D eigenvalue weighted by atomic mass is 32.1. The molecule has 1 amide bonds. The molecule has 1 atom stereocenters. The monoisotopic (exact) mass is 280 g/mol. The molecular weight excluding hydrogens is 260 g/mol. The SMILES string of the molecule is CCCCOc1ccc(C(=O)NC(C)C(N)=S)cc1. The fourth-order valence-corrected chi connectivity index (χ4v) is 1.45. The maximum absolute atomic E-state index is 11.9. The summed E-state index contributed by atoms with van der Waals surface area (Å²) in [5, 5.41) is 2.72. The quantitative estimate of drug-likeness (QED) is 0.594. The number of carbonyl (C=O) groups excluding carboxylic acids is 1. The van der Waals surface area contributed by atoms with Crippen LogP contribution >= 0.6 is 12.2 Å². The third kappa shape index (κ3) is 5.26. The lowest BCUT2D eigenvalue weighted by Crippen LogP contribution is -2.41. The van der Waals surface area contributed by atoms with Gasteiger partial charge in [0, 0.05) is 5.56 Å². The van der Waals surface area contributed by atoms with Gasteiger partial charge in [0.1, 0.15) is 5.75 Å². The predicted octanol–water partition coefficient (Wildman–Crippen LogP) is 2.27. The smallest absolute Gasteiger partial charge is 0.251 e. The van der Waals surface area contributed by atoms with Crippen molar-refractivity contribution in [2.75, 3.05) is 6.61 Å². The van der Waals surface area contributed by atoms with Gasteiger partial charge in [-0.1, -0.05) is 25.6 Å². The first kappa shape index (κ1) is 15.4. The fourth-order valence-electron chi connectivity index (χ4n) is 1.39. The van der Waals surface area contributed by atoms with Crippen LogP contribution in [0.2, 0.25) is 0 Å². The normalized spacial score (nSPS) is 11.7. The van der Waals surface area contributed by atoms with Crippen molar-refractivity contribution in [3.63, 3.8) is 0 Å². The largest absolute Gasteiger partial charge is 0.494 e. The Hall–Kier alpha value is -1.62. The number of nitrogens with one attached hydrogen (secondary N) is 1. The highest BCUT2D eigenvalue weighted by Crippen LogP contribution is 2.12. The molecular formula is C14H20N2O2S. The Labute approximate surface area is 119 Å². The summed E-state index contributed by atoms with van der Waals surface area (Å²) in [5.41, 5.74) is 6.01. The zero-order valence-electron chi connectivity index (χ0n) is 11.3. The number of hydrogen-bond donors (Lipinski definition) is 2. The third-order valence-corrected chi connectivity index (χ3v) is 3.01. The molecule has 0 spiro atoms. The minimum Gasteiger partial charge on any atom is -0.494 e. The van der Waals surface area contributed by atoms with Gasteiger partial charge in [-0.25, -0.2) is 0 Å². The van der Waals surface area contributed by atoms with Gasteiger partial charge < -0.3 is 15.8 Å². The van der Waals surface area contributed by atoms with E-state index in [1.54, 1.807) is 31.2 Å². The van der Waals surface area contributed by atoms with Gasteiger partial charge in [-0.15, -0.1) is 0 Å². The molecule has 0 radical (unpaired) electrons. The van der Waals surface area contributed by atoms with Gasteiger partial charge in [0.05, 0.1) is 17.6 Å². The molecule has 0 aliphatic carbocycles. The van der Waals surface area contributed by atoms with Crippen molar-refractivity contribution >= 4 is 23.1 Å². The Morgan fingerprint density at radius 1 is 1.42 bits per heavy atom. The molecule has 1 aromatic carbocycles. The van der Waals surface area contributed by atoms with Crippen molar-refractivity contribution in [3.05, 3.63) is 29.8 Å². The van der Waals surface area contributed by atoms with Crippen molar-refractivity contribution in [2.24, 2.45) is 5.73 Å². The van der Waals surface area contributed by atoms with Crippen LogP contribution in [0.5, 0.6) is 5.75 Å². The standard InChI is InChI=1S/C14H20N2O2S/c1-3-4-9-18-12-7-5-11(6-8-12)14(17)16-10(2)13(15)19/h5-8,10H,3-4,9H2,1-2H3,(H2,15,19)(H,16,17). The topological polar surface area (TPSA) is 64.3 Å². The van der Waals surface area contributed by atoms with E-state index in [0.29, 0.717) is 12.2 Å². The second-order valence-electron chi connectivity index (χ2n) is 4.32. The minimum absolute atomic E-state index is 0.194. The zero-order valence-corrected chi connectivity index (χ0v) is 12.1. The molecule has 0 aromatic heterocycles. The van der Waals surface area contributed by atoms with Gasteiger partial charge in [-0.2, -0.15) is 0 Å². The Morgan fingerprint density at radius 2 is 2.05 bits per heavy atom. The number of ether oxygens (including phenoxy) is 1. The van der Waals surface area contributed by atoms with Crippen molar-refractivity contribution in [1.82, 2.24) is 5.32 Å². The average Bonchev–Trinajstić information content (AvgIpc) is 2.39. The van der Waals surface area contributed by atoms with Crippen LogP contribution in [0.3, 0.4) is 0 Å². The van der Waals surface area contributed by atoms with Crippen LogP contribution in [0.4, 0.5) is 0 Å². The van der Waals surface area contributed by atoms with Gasteiger partial charge in [0.25, 0.3) is 5.91 Å². The number of benzene rings is 1. The molecule has 0 saturated heterocycles. The van der Waals surface area contributed by atoms with E-state index in [1.807, 2.05) is 0 Å². The molecule has 0 fully saturated rings. The van der Waals surface area contributed by atoms with Crippen molar-refractivity contribution < 1.29 is 9.53 Å². The molecule has 0 aliphatic rings. The van der Waals surface area contributed by atoms with Gasteiger partial charge in [-0.3, -0.25) is 4.79 Å². The Bertz CT molecular complexity index is 432. The first-order valence-corrected chi connectivity index (χ1v) is 6.78. The molecule has 5 heteroatoms. The van der Waals surface area contributed by atoms with Gasteiger partial charge in [0.15, 0.2) is 0 Å². The minimum atomic E-state index is -0.317. The molecule has 19 heavy (non-hydrogen) atoms. The summed E-state index contributed by atoms with van der Waals surface area (Å²) in [5.74, 6) is 0.577. The van der Waals surface area contributed by atoms with Crippen LogP contribution in [-0.4, -0.2) is 23.5 Å². The number of thiocarbonyl (C=S) groups is 1. The average molecular weight is 280 g/mol. The Morgan fingerprint density at radius 3 is 2.58 bits per heavy atom. The predicted molar refractivity (Wildman–Crippen MR) is 80.6 cm³/mol. The molecule has 1 unspecified atom stereocenters. The van der Waals surface area contributed by atoms with Crippen LogP contribution in [0, 0.1) is 0 Å². The summed E-state index contributed by atoms with van der Waals surface area (Å²) in [4.78, 5) is 12.1. The highest BCUT2D eigenvalue weighted by Gasteiger charge is 2.11. The van der Waals surface area contributed by atoms with Gasteiger partial charge >= 0.3 is 0 Å². The maximum Gasteiger partial charge on any atom is 0.251 e. The molecule has 0 heterocycles. The molecule has 0 aliphatic heterocycles. The first-order chi connectivity index (χ1) is 9.04. The fraction of sp³-hybridized carbons (Fsp3) is 0.429. The molecule has 4 nitrogen and oxygen atoms in total. The van der Waals surface area contributed by atoms with Crippen molar-refractivity contribution in [1.29, 1.82) is 0 Å². The van der Waals surface area contributed by atoms with Crippen LogP contribution in [0.15, 0.2) is 24.3 Å². The molecule has 1 rings (SSSR count). The van der Waals surface area contributed by atoms with Crippen molar-refractivity contribution in [3.8, 4) is 5.75 Å². The lowest BCUT2D eigenvalue weighted by molar-refractivity contribution is 0.0949. The third-order valence-electron chi connectivity index (χ3n) is 2.66. The molecule has 104 valence electrons. The molecule has 0 bridgehead atoms. The molecule has 0 saturated carbocycles. The number of carbonyl (C=O) groups is 1. The van der Waals surface area contributed by atoms with Crippen LogP contribution in [0.25, 0.3) is 0 Å². The summed E-state index contributed by atoms with van der Waals surface area (Å²) in [6.45, 7) is 4.56. The lowest BCUT2D eigenvalue weighted by Gasteiger charge is -2.12. The summed E-state index contributed by atoms with van der Waals surface area (Å²) >= 11 is 4.81. The summed E-state index contributed by atoms with van der Waals surface area (Å²) in [6, 6.07) is 6.71. The summed E-state index contributed by atoms with van der Waals surface area (Å²) < 4.78 is 5.53. The number of amides is 1. The van der Waals surface area contributed by atoms with E-state index in [4.69, 9.17) is 22.7 Å². The van der Waals surface area contributed by atoms with E-state index in [2.05, 4.69) is 12.2 Å². The lowest BCUT2D eigenvalue weighted by atomic mass is 10.2. The number of hydrogen-bond acceptors (Lipinski definition) is 3. The van der Waals surface area contributed by atoms with E-state index in [1.165, 1.54) is 0 Å². The van der Waals surface area contributed by atoms with E-state index < -0.39 is 0 Å². The van der Waals surface area contributed by atoms with Crippen LogP contribution < -0.4 is 15.8 Å². The molecule has 1 aromatic rings. The molecule has 3 N–H and O–H groups in total. The maximum atomic E-state index is 11.9. The van der Waals surface area contributed by atoms with Crippen LogP contribution in [-0.2, 0) is 0 Å². The Balaban J connectivity index is 2.55. The van der Waals surface area contributed by atoms with E-state index in [-0.39, 0.29) is 16.9 Å². The van der Waals surface area contributed by atoms with E-state index >= 15 is 0 Å². The second-order valence-corrected chi connectivity index (χ2v) is 4.80.